The van der Waals surface area contributed by atoms with Gasteiger partial charge < -0.3 is 19.4 Å². The predicted molar refractivity (Wildman–Crippen MR) is 147 cm³/mol. The highest BCUT2D eigenvalue weighted by Gasteiger charge is 2.27. The second kappa shape index (κ2) is 11.0. The molecule has 0 aliphatic rings. The van der Waals surface area contributed by atoms with E-state index in [9.17, 15) is 19.5 Å². The second-order valence-corrected chi connectivity index (χ2v) is 10.4. The van der Waals surface area contributed by atoms with Crippen molar-refractivity contribution in [2.24, 2.45) is 5.92 Å². The summed E-state index contributed by atoms with van der Waals surface area (Å²) >= 11 is 0. The Labute approximate surface area is 222 Å². The molecule has 4 rings (SSSR count). The van der Waals surface area contributed by atoms with Crippen molar-refractivity contribution in [3.05, 3.63) is 93.8 Å². The lowest BCUT2D eigenvalue weighted by Gasteiger charge is -2.25. The third kappa shape index (κ3) is 5.69. The first-order valence-corrected chi connectivity index (χ1v) is 12.8. The van der Waals surface area contributed by atoms with E-state index in [2.05, 4.69) is 10.3 Å². The van der Waals surface area contributed by atoms with Gasteiger partial charge in [-0.25, -0.2) is 4.98 Å². The number of nitrogens with one attached hydrogen (secondary N) is 1. The highest BCUT2D eigenvalue weighted by Crippen LogP contribution is 2.33. The summed E-state index contributed by atoms with van der Waals surface area (Å²) in [4.78, 5) is 42.9. The van der Waals surface area contributed by atoms with Gasteiger partial charge in [0.15, 0.2) is 0 Å². The molecular weight excluding hydrogens is 480 g/mol. The summed E-state index contributed by atoms with van der Waals surface area (Å²) in [5.74, 6) is -1.30. The van der Waals surface area contributed by atoms with Crippen LogP contribution < -0.4 is 10.9 Å². The van der Waals surface area contributed by atoms with E-state index in [-0.39, 0.29) is 17.9 Å². The average molecular weight is 515 g/mol. The van der Waals surface area contributed by atoms with Gasteiger partial charge in [0.25, 0.3) is 5.56 Å². The summed E-state index contributed by atoms with van der Waals surface area (Å²) < 4.78 is 3.29. The summed E-state index contributed by atoms with van der Waals surface area (Å²) in [6.07, 6.45) is 7.07. The zero-order chi connectivity index (χ0) is 27.6. The van der Waals surface area contributed by atoms with E-state index in [1.807, 2.05) is 75.7 Å². The maximum absolute atomic E-state index is 13.7. The van der Waals surface area contributed by atoms with E-state index >= 15 is 0 Å². The number of hydrogen-bond acceptors (Lipinski definition) is 4. The van der Waals surface area contributed by atoms with Crippen molar-refractivity contribution in [1.29, 1.82) is 0 Å². The van der Waals surface area contributed by atoms with E-state index in [4.69, 9.17) is 0 Å². The van der Waals surface area contributed by atoms with Crippen molar-refractivity contribution in [3.8, 4) is 11.1 Å². The van der Waals surface area contributed by atoms with Crippen molar-refractivity contribution in [3.63, 3.8) is 0 Å². The van der Waals surface area contributed by atoms with Gasteiger partial charge in [0.2, 0.25) is 5.91 Å². The van der Waals surface area contributed by atoms with Crippen molar-refractivity contribution in [1.82, 2.24) is 19.3 Å². The van der Waals surface area contributed by atoms with Crippen molar-refractivity contribution >= 4 is 17.5 Å². The minimum Gasteiger partial charge on any atom is -0.481 e. The summed E-state index contributed by atoms with van der Waals surface area (Å²) in [7, 11) is 0. The van der Waals surface area contributed by atoms with Gasteiger partial charge in [-0.2, -0.15) is 0 Å². The maximum Gasteiger partial charge on any atom is 0.305 e. The number of rotatable bonds is 9. The van der Waals surface area contributed by atoms with Crippen molar-refractivity contribution in [2.45, 2.75) is 59.5 Å². The molecule has 2 N–H and O–H groups in total. The molecule has 8 heteroatoms. The number of carboxylic acid groups (broad SMARTS) is 1. The summed E-state index contributed by atoms with van der Waals surface area (Å²) in [6.45, 7) is 9.85. The molecule has 0 spiro atoms. The smallest absolute Gasteiger partial charge is 0.305 e. The first-order valence-electron chi connectivity index (χ1n) is 12.8. The Hall–Kier alpha value is -4.20. The van der Waals surface area contributed by atoms with E-state index in [1.54, 1.807) is 18.5 Å². The lowest BCUT2D eigenvalue weighted by atomic mass is 9.93. The number of carbonyl (C=O) groups excluding carboxylic acids is 1. The number of carbonyl (C=O) groups is 2. The standard InChI is InChI=1S/C30H34N4O4/c1-18(2)13-25(34-11-9-19(3)14-26(34)35)30(38)32-24(16-27(36)37)22-15-23(29-31-10-12-33(29)17-22)28-20(4)7-6-8-21(28)5/h6-12,14-15,17-18,24-25H,13,16H2,1-5H3,(H,32,38)(H,36,37)/t24?,25-/m1/s1. The van der Waals surface area contributed by atoms with Gasteiger partial charge in [0.1, 0.15) is 11.7 Å². The van der Waals surface area contributed by atoms with E-state index in [0.29, 0.717) is 12.0 Å². The van der Waals surface area contributed by atoms with Crippen molar-refractivity contribution in [2.75, 3.05) is 0 Å². The first kappa shape index (κ1) is 26.9. The van der Waals surface area contributed by atoms with Crippen LogP contribution in [0.25, 0.3) is 16.8 Å². The Balaban J connectivity index is 1.79. The SMILES string of the molecule is Cc1ccn([C@H](CC(C)C)C(=O)NC(CC(=O)O)c2cc(-c3c(C)cccc3C)c3nccn3c2)c(=O)c1. The molecule has 8 nitrogen and oxygen atoms in total. The molecule has 2 atom stereocenters. The zero-order valence-electron chi connectivity index (χ0n) is 22.4. The van der Waals surface area contributed by atoms with Crippen LogP contribution in [0.4, 0.5) is 0 Å². The van der Waals surface area contributed by atoms with Crippen LogP contribution in [0, 0.1) is 26.7 Å². The molecule has 3 heterocycles. The van der Waals surface area contributed by atoms with E-state index in [0.717, 1.165) is 33.5 Å². The Morgan fingerprint density at radius 3 is 2.39 bits per heavy atom. The van der Waals surface area contributed by atoms with Gasteiger partial charge in [-0.05, 0) is 73.1 Å². The fraction of sp³-hybridized carbons (Fsp3) is 0.333. The third-order valence-corrected chi connectivity index (χ3v) is 6.79. The second-order valence-electron chi connectivity index (χ2n) is 10.4. The minimum atomic E-state index is -1.04. The quantitative estimate of drug-likeness (QED) is 0.327. The molecule has 4 aromatic rings. The maximum atomic E-state index is 13.7. The molecule has 0 bridgehead atoms. The number of aliphatic carboxylic acids is 1. The number of hydrogen-bond donors (Lipinski definition) is 2. The Morgan fingerprint density at radius 2 is 1.76 bits per heavy atom. The molecule has 0 saturated heterocycles. The number of carboxylic acids is 1. The number of aromatic nitrogens is 3. The molecule has 0 fully saturated rings. The van der Waals surface area contributed by atoms with Crippen LogP contribution in [0.3, 0.4) is 0 Å². The molecule has 3 aromatic heterocycles. The molecular formula is C30H34N4O4. The van der Waals surface area contributed by atoms with Gasteiger partial charge in [-0.3, -0.25) is 14.4 Å². The number of pyridine rings is 2. The Bertz CT molecular complexity index is 1530. The highest BCUT2D eigenvalue weighted by molar-refractivity contribution is 5.84. The largest absolute Gasteiger partial charge is 0.481 e. The fourth-order valence-corrected chi connectivity index (χ4v) is 5.00. The van der Waals surface area contributed by atoms with Crippen LogP contribution >= 0.6 is 0 Å². The van der Waals surface area contributed by atoms with E-state index < -0.39 is 24.0 Å². The normalized spacial score (nSPS) is 13.0. The van der Waals surface area contributed by atoms with Gasteiger partial charge in [-0.1, -0.05) is 32.0 Å². The average Bonchev–Trinajstić information content (AvgIpc) is 3.31. The summed E-state index contributed by atoms with van der Waals surface area (Å²) in [5, 5.41) is 12.7. The number of aryl methyl sites for hydroxylation is 3. The number of amides is 1. The van der Waals surface area contributed by atoms with Crippen LogP contribution in [0.2, 0.25) is 0 Å². The topological polar surface area (TPSA) is 106 Å². The number of benzene rings is 1. The predicted octanol–water partition coefficient (Wildman–Crippen LogP) is 5.01. The number of nitrogens with zero attached hydrogens (tertiary/aromatic N) is 3. The Kier molecular flexibility index (Phi) is 7.80. The minimum absolute atomic E-state index is 0.134. The third-order valence-electron chi connectivity index (χ3n) is 6.79. The van der Waals surface area contributed by atoms with Crippen LogP contribution in [-0.4, -0.2) is 30.9 Å². The lowest BCUT2D eigenvalue weighted by molar-refractivity contribution is -0.138. The van der Waals surface area contributed by atoms with Crippen LogP contribution in [0.5, 0.6) is 0 Å². The van der Waals surface area contributed by atoms with Crippen LogP contribution in [0.1, 0.15) is 61.0 Å². The lowest BCUT2D eigenvalue weighted by Crippen LogP contribution is -2.40. The zero-order valence-corrected chi connectivity index (χ0v) is 22.4. The monoisotopic (exact) mass is 514 g/mol. The first-order chi connectivity index (χ1) is 18.0. The molecule has 0 radical (unpaired) electrons. The summed E-state index contributed by atoms with van der Waals surface area (Å²) in [5.41, 5.74) is 5.96. The molecule has 1 amide bonds. The fourth-order valence-electron chi connectivity index (χ4n) is 5.00. The van der Waals surface area contributed by atoms with E-state index in [1.165, 1.54) is 10.6 Å². The van der Waals surface area contributed by atoms with Gasteiger partial charge in [0.05, 0.1) is 12.5 Å². The van der Waals surface area contributed by atoms with Crippen LogP contribution in [-0.2, 0) is 9.59 Å². The summed E-state index contributed by atoms with van der Waals surface area (Å²) in [6, 6.07) is 9.68. The molecule has 38 heavy (non-hydrogen) atoms. The Morgan fingerprint density at radius 1 is 1.05 bits per heavy atom. The molecule has 0 saturated carbocycles. The van der Waals surface area contributed by atoms with Gasteiger partial charge in [0, 0.05) is 36.4 Å². The molecule has 0 aliphatic carbocycles. The van der Waals surface area contributed by atoms with Gasteiger partial charge >= 0.3 is 5.97 Å². The molecule has 198 valence electrons. The molecule has 1 unspecified atom stereocenters. The number of fused-ring (bicyclic) bond motifs is 1. The number of imidazole rings is 1. The van der Waals surface area contributed by atoms with Crippen molar-refractivity contribution < 1.29 is 14.7 Å². The molecule has 1 aromatic carbocycles. The highest BCUT2D eigenvalue weighted by atomic mass is 16.4. The van der Waals surface area contributed by atoms with Gasteiger partial charge in [-0.15, -0.1) is 0 Å². The van der Waals surface area contributed by atoms with Crippen LogP contribution in [0.15, 0.2) is 66.0 Å². The molecule has 0 aliphatic heterocycles.